The van der Waals surface area contributed by atoms with Crippen LogP contribution in [0.25, 0.3) is 11.3 Å². The summed E-state index contributed by atoms with van der Waals surface area (Å²) in [6, 6.07) is 18.7. The van der Waals surface area contributed by atoms with E-state index in [-0.39, 0.29) is 17.2 Å². The highest BCUT2D eigenvalue weighted by Gasteiger charge is 2.27. The molecule has 2 heterocycles. The minimum absolute atomic E-state index is 0.171. The van der Waals surface area contributed by atoms with Crippen LogP contribution in [0.4, 0.5) is 5.69 Å². The van der Waals surface area contributed by atoms with E-state index < -0.39 is 10.0 Å². The van der Waals surface area contributed by atoms with Crippen LogP contribution in [0.3, 0.4) is 0 Å². The zero-order chi connectivity index (χ0) is 24.0. The second kappa shape index (κ2) is 10.9. The summed E-state index contributed by atoms with van der Waals surface area (Å²) in [5.74, 6) is 0.254. The van der Waals surface area contributed by atoms with E-state index >= 15 is 0 Å². The molecule has 180 valence electrons. The van der Waals surface area contributed by atoms with Crippen molar-refractivity contribution in [3.8, 4) is 17.0 Å². The first-order chi connectivity index (χ1) is 16.5. The number of hydrogen-bond donors (Lipinski definition) is 2. The summed E-state index contributed by atoms with van der Waals surface area (Å²) in [6.45, 7) is 3.31. The van der Waals surface area contributed by atoms with Gasteiger partial charge in [-0.25, -0.2) is 8.42 Å². The van der Waals surface area contributed by atoms with Crippen LogP contribution in [-0.2, 0) is 21.2 Å². The first-order valence-electron chi connectivity index (χ1n) is 11.8. The normalized spacial score (nSPS) is 14.6. The van der Waals surface area contributed by atoms with E-state index in [2.05, 4.69) is 10.3 Å². The molecular weight excluding hydrogens is 450 g/mol. The van der Waals surface area contributed by atoms with E-state index in [0.717, 1.165) is 36.2 Å². The lowest BCUT2D eigenvalue weighted by atomic mass is 10.2. The van der Waals surface area contributed by atoms with Gasteiger partial charge in [0.15, 0.2) is 0 Å². The molecule has 1 saturated heterocycles. The Balaban J connectivity index is 1.45. The van der Waals surface area contributed by atoms with Gasteiger partial charge in [0.05, 0.1) is 17.2 Å². The molecule has 0 saturated carbocycles. The smallest absolute Gasteiger partial charge is 0.243 e. The van der Waals surface area contributed by atoms with Gasteiger partial charge in [0.1, 0.15) is 5.75 Å². The lowest BCUT2D eigenvalue weighted by molar-refractivity contribution is -0.116. The van der Waals surface area contributed by atoms with Crippen molar-refractivity contribution in [2.75, 3.05) is 25.0 Å². The number of ether oxygens (including phenoxy) is 1. The molecule has 8 heteroatoms. The number of piperidine rings is 1. The number of sulfonamides is 1. The Morgan fingerprint density at radius 1 is 1.03 bits per heavy atom. The van der Waals surface area contributed by atoms with Gasteiger partial charge in [0.2, 0.25) is 15.9 Å². The highest BCUT2D eigenvalue weighted by Crippen LogP contribution is 2.30. The van der Waals surface area contributed by atoms with E-state index in [9.17, 15) is 13.2 Å². The predicted octanol–water partition coefficient (Wildman–Crippen LogP) is 4.83. The molecule has 2 N–H and O–H groups in total. The Morgan fingerprint density at radius 2 is 1.79 bits per heavy atom. The monoisotopic (exact) mass is 481 g/mol. The number of carbonyl (C=O) groups excluding carboxylic acids is 1. The van der Waals surface area contributed by atoms with E-state index in [4.69, 9.17) is 4.74 Å². The van der Waals surface area contributed by atoms with Crippen LogP contribution >= 0.6 is 0 Å². The summed E-state index contributed by atoms with van der Waals surface area (Å²) in [4.78, 5) is 16.3. The lowest BCUT2D eigenvalue weighted by Gasteiger charge is -2.26. The molecule has 2 aromatic carbocycles. The number of hydrogen-bond acceptors (Lipinski definition) is 4. The fraction of sp³-hybridized carbons (Fsp3) is 0.346. The number of benzene rings is 2. The molecule has 3 aromatic rings. The number of aromatic amines is 1. The van der Waals surface area contributed by atoms with Crippen LogP contribution in [-0.4, -0.2) is 43.3 Å². The molecule has 1 aliphatic rings. The van der Waals surface area contributed by atoms with Crippen LogP contribution in [0.1, 0.15) is 38.3 Å². The molecule has 0 aliphatic carbocycles. The third kappa shape index (κ3) is 5.69. The Morgan fingerprint density at radius 3 is 2.53 bits per heavy atom. The number of H-pyrrole nitrogens is 1. The number of nitrogens with one attached hydrogen (secondary N) is 2. The lowest BCUT2D eigenvalue weighted by Crippen LogP contribution is -2.35. The predicted molar refractivity (Wildman–Crippen MR) is 133 cm³/mol. The van der Waals surface area contributed by atoms with Crippen molar-refractivity contribution in [1.82, 2.24) is 9.29 Å². The maximum absolute atomic E-state index is 13.1. The number of carbonyl (C=O) groups is 1. The average molecular weight is 482 g/mol. The molecule has 0 unspecified atom stereocenters. The van der Waals surface area contributed by atoms with Gasteiger partial charge in [-0.2, -0.15) is 4.31 Å². The summed E-state index contributed by atoms with van der Waals surface area (Å²) in [5.41, 5.74) is 3.43. The van der Waals surface area contributed by atoms with Crippen molar-refractivity contribution >= 4 is 21.6 Å². The number of nitrogens with zero attached hydrogens (tertiary/aromatic N) is 1. The fourth-order valence-corrected chi connectivity index (χ4v) is 5.68. The topological polar surface area (TPSA) is 91.5 Å². The van der Waals surface area contributed by atoms with Gasteiger partial charge >= 0.3 is 0 Å². The average Bonchev–Trinajstić information content (AvgIpc) is 3.34. The quantitative estimate of drug-likeness (QED) is 0.458. The van der Waals surface area contributed by atoms with Crippen molar-refractivity contribution in [1.29, 1.82) is 0 Å². The minimum atomic E-state index is -3.61. The first kappa shape index (κ1) is 24.0. The highest BCUT2D eigenvalue weighted by molar-refractivity contribution is 7.89. The molecular formula is C26H31N3O4S. The molecule has 34 heavy (non-hydrogen) atoms. The van der Waals surface area contributed by atoms with Crippen LogP contribution in [0, 0.1) is 0 Å². The van der Waals surface area contributed by atoms with Crippen molar-refractivity contribution in [3.05, 3.63) is 66.4 Å². The van der Waals surface area contributed by atoms with E-state index in [0.29, 0.717) is 37.6 Å². The molecule has 4 rings (SSSR count). The molecule has 0 atom stereocenters. The second-order valence-electron chi connectivity index (χ2n) is 8.37. The molecule has 1 aliphatic heterocycles. The van der Waals surface area contributed by atoms with Gasteiger partial charge in [-0.15, -0.1) is 0 Å². The Labute approximate surface area is 201 Å². The molecule has 1 fully saturated rings. The Kier molecular flexibility index (Phi) is 7.70. The summed E-state index contributed by atoms with van der Waals surface area (Å²) < 4.78 is 33.3. The largest absolute Gasteiger partial charge is 0.492 e. The SMILES string of the molecule is CCOc1ccc(S(=O)(=O)N2CCCCC2)cc1NC(=O)CCc1ccc(-c2ccccc2)[nH]1. The van der Waals surface area contributed by atoms with Gasteiger partial charge in [-0.1, -0.05) is 36.8 Å². The molecule has 0 bridgehead atoms. The third-order valence-corrected chi connectivity index (χ3v) is 7.83. The van der Waals surface area contributed by atoms with Crippen molar-refractivity contribution in [2.24, 2.45) is 0 Å². The number of aryl methyl sites for hydroxylation is 1. The Bertz CT molecular complexity index is 1220. The van der Waals surface area contributed by atoms with Crippen LogP contribution < -0.4 is 10.1 Å². The third-order valence-electron chi connectivity index (χ3n) is 5.93. The van der Waals surface area contributed by atoms with E-state index in [1.165, 1.54) is 10.4 Å². The van der Waals surface area contributed by atoms with Crippen molar-refractivity contribution < 1.29 is 17.9 Å². The highest BCUT2D eigenvalue weighted by atomic mass is 32.2. The van der Waals surface area contributed by atoms with Gasteiger partial charge in [0, 0.05) is 30.9 Å². The number of anilines is 1. The van der Waals surface area contributed by atoms with Crippen molar-refractivity contribution in [3.63, 3.8) is 0 Å². The maximum Gasteiger partial charge on any atom is 0.243 e. The molecule has 1 amide bonds. The van der Waals surface area contributed by atoms with Crippen LogP contribution in [0.2, 0.25) is 0 Å². The van der Waals surface area contributed by atoms with Crippen LogP contribution in [0.5, 0.6) is 5.75 Å². The molecule has 1 aromatic heterocycles. The first-order valence-corrected chi connectivity index (χ1v) is 13.2. The molecule has 7 nitrogen and oxygen atoms in total. The van der Waals surface area contributed by atoms with Crippen molar-refractivity contribution in [2.45, 2.75) is 43.9 Å². The van der Waals surface area contributed by atoms with Gasteiger partial charge in [-0.05, 0) is 62.1 Å². The fourth-order valence-electron chi connectivity index (χ4n) is 4.14. The number of amides is 1. The zero-order valence-electron chi connectivity index (χ0n) is 19.4. The second-order valence-corrected chi connectivity index (χ2v) is 10.3. The summed E-state index contributed by atoms with van der Waals surface area (Å²) in [5, 5.41) is 2.86. The van der Waals surface area contributed by atoms with Gasteiger partial charge in [0.25, 0.3) is 0 Å². The van der Waals surface area contributed by atoms with Crippen LogP contribution in [0.15, 0.2) is 65.6 Å². The number of rotatable bonds is 9. The summed E-state index contributed by atoms with van der Waals surface area (Å²) in [6.07, 6.45) is 3.57. The zero-order valence-corrected chi connectivity index (χ0v) is 20.2. The van der Waals surface area contributed by atoms with Gasteiger partial charge < -0.3 is 15.0 Å². The Hall–Kier alpha value is -3.10. The summed E-state index contributed by atoms with van der Waals surface area (Å²) in [7, 11) is -3.61. The van der Waals surface area contributed by atoms with E-state index in [1.54, 1.807) is 12.1 Å². The maximum atomic E-state index is 13.1. The minimum Gasteiger partial charge on any atom is -0.492 e. The van der Waals surface area contributed by atoms with E-state index in [1.807, 2.05) is 49.4 Å². The number of aromatic nitrogens is 1. The summed E-state index contributed by atoms with van der Waals surface area (Å²) >= 11 is 0. The van der Waals surface area contributed by atoms with Gasteiger partial charge in [-0.3, -0.25) is 4.79 Å². The standard InChI is InChI=1S/C26H31N3O4S/c1-2-33-25-15-13-22(34(31,32)29-17-7-4-8-18-29)19-24(25)28-26(30)16-12-21-11-14-23(27-21)20-9-5-3-6-10-20/h3,5-6,9-11,13-15,19,27H,2,4,7-8,12,16-18H2,1H3,(H,28,30). The molecule has 0 spiro atoms. The molecule has 0 radical (unpaired) electrons.